The Balaban J connectivity index is 1.53. The van der Waals surface area contributed by atoms with E-state index in [2.05, 4.69) is 17.1 Å². The lowest BCUT2D eigenvalue weighted by Gasteiger charge is -2.38. The zero-order valence-corrected chi connectivity index (χ0v) is 22.8. The van der Waals surface area contributed by atoms with Crippen molar-refractivity contribution in [2.75, 3.05) is 13.7 Å². The van der Waals surface area contributed by atoms with Gasteiger partial charge in [0.25, 0.3) is 5.91 Å². The van der Waals surface area contributed by atoms with Crippen LogP contribution in [0.25, 0.3) is 0 Å². The maximum Gasteiger partial charge on any atom is 0.262 e. The summed E-state index contributed by atoms with van der Waals surface area (Å²) < 4.78 is 40.4. The summed E-state index contributed by atoms with van der Waals surface area (Å²) in [6.07, 6.45) is 6.56. The summed E-state index contributed by atoms with van der Waals surface area (Å²) in [5, 5.41) is 9.66. The molecule has 4 rings (SSSR count). The SMILES string of the molecule is COc1ccc(S(=O)(=O)N(Cc2ccncc2)[C@@H](C(=O)NO)C2CCC(OCCc3ccccc3)CC2)cc1. The van der Waals surface area contributed by atoms with Crippen LogP contribution in [0.3, 0.4) is 0 Å². The van der Waals surface area contributed by atoms with Crippen LogP contribution >= 0.6 is 0 Å². The Hall–Kier alpha value is -3.31. The lowest BCUT2D eigenvalue weighted by molar-refractivity contribution is -0.136. The number of carbonyl (C=O) groups excluding carboxylic acids is 1. The van der Waals surface area contributed by atoms with E-state index in [9.17, 15) is 18.4 Å². The Labute approximate surface area is 229 Å². The van der Waals surface area contributed by atoms with E-state index in [0.717, 1.165) is 6.42 Å². The zero-order chi connectivity index (χ0) is 27.7. The molecule has 1 aliphatic carbocycles. The van der Waals surface area contributed by atoms with Crippen molar-refractivity contribution in [1.82, 2.24) is 14.8 Å². The Kier molecular flexibility index (Phi) is 10.0. The molecule has 1 aliphatic rings. The van der Waals surface area contributed by atoms with E-state index in [1.54, 1.807) is 42.1 Å². The molecule has 0 saturated heterocycles. The Morgan fingerprint density at radius 3 is 2.28 bits per heavy atom. The second-order valence-corrected chi connectivity index (χ2v) is 11.5. The first-order valence-corrected chi connectivity index (χ1v) is 14.5. The van der Waals surface area contributed by atoms with Gasteiger partial charge in [-0.25, -0.2) is 13.9 Å². The van der Waals surface area contributed by atoms with Gasteiger partial charge >= 0.3 is 0 Å². The summed E-state index contributed by atoms with van der Waals surface area (Å²) in [6, 6.07) is 18.5. The topological polar surface area (TPSA) is 118 Å². The third-order valence-electron chi connectivity index (χ3n) is 7.20. The van der Waals surface area contributed by atoms with E-state index >= 15 is 0 Å². The van der Waals surface area contributed by atoms with Gasteiger partial charge in [-0.3, -0.25) is 15.0 Å². The van der Waals surface area contributed by atoms with Gasteiger partial charge in [-0.15, -0.1) is 0 Å². The quantitative estimate of drug-likeness (QED) is 0.257. The summed E-state index contributed by atoms with van der Waals surface area (Å²) >= 11 is 0. The maximum atomic E-state index is 14.0. The molecule has 1 fully saturated rings. The molecule has 39 heavy (non-hydrogen) atoms. The number of benzene rings is 2. The Bertz CT molecular complexity index is 1280. The van der Waals surface area contributed by atoms with E-state index in [0.29, 0.717) is 43.6 Å². The van der Waals surface area contributed by atoms with E-state index < -0.39 is 22.0 Å². The van der Waals surface area contributed by atoms with Crippen molar-refractivity contribution >= 4 is 15.9 Å². The molecule has 1 amide bonds. The second kappa shape index (κ2) is 13.7. The highest BCUT2D eigenvalue weighted by molar-refractivity contribution is 7.89. The van der Waals surface area contributed by atoms with Gasteiger partial charge in [0, 0.05) is 18.9 Å². The minimum absolute atomic E-state index is 0.0334. The number of rotatable bonds is 12. The van der Waals surface area contributed by atoms with Crippen molar-refractivity contribution in [3.8, 4) is 5.75 Å². The molecule has 0 aliphatic heterocycles. The molecule has 2 aromatic carbocycles. The average Bonchev–Trinajstić information content (AvgIpc) is 2.98. The molecule has 10 heteroatoms. The van der Waals surface area contributed by atoms with Crippen molar-refractivity contribution in [3.63, 3.8) is 0 Å². The summed E-state index contributed by atoms with van der Waals surface area (Å²) in [4.78, 5) is 17.1. The number of nitrogens with zero attached hydrogens (tertiary/aromatic N) is 2. The monoisotopic (exact) mass is 553 g/mol. The van der Waals surface area contributed by atoms with Gasteiger partial charge in [0.1, 0.15) is 11.8 Å². The average molecular weight is 554 g/mol. The number of hydrogen-bond donors (Lipinski definition) is 2. The number of nitrogens with one attached hydrogen (secondary N) is 1. The molecule has 0 spiro atoms. The normalized spacial score (nSPS) is 18.4. The molecule has 0 radical (unpaired) electrons. The smallest absolute Gasteiger partial charge is 0.262 e. The molecule has 2 N–H and O–H groups in total. The third-order valence-corrected chi connectivity index (χ3v) is 9.04. The minimum Gasteiger partial charge on any atom is -0.497 e. The lowest BCUT2D eigenvalue weighted by Crippen LogP contribution is -2.53. The number of pyridine rings is 1. The summed E-state index contributed by atoms with van der Waals surface area (Å²) in [7, 11) is -2.63. The minimum atomic E-state index is -4.13. The number of sulfonamides is 1. The van der Waals surface area contributed by atoms with E-state index in [4.69, 9.17) is 9.47 Å². The molecule has 0 bridgehead atoms. The number of aromatic nitrogens is 1. The molecule has 1 saturated carbocycles. The molecule has 1 heterocycles. The maximum absolute atomic E-state index is 14.0. The highest BCUT2D eigenvalue weighted by Gasteiger charge is 2.42. The van der Waals surface area contributed by atoms with Gasteiger partial charge < -0.3 is 9.47 Å². The molecule has 1 aromatic heterocycles. The van der Waals surface area contributed by atoms with Gasteiger partial charge in [-0.05, 0) is 85.5 Å². The highest BCUT2D eigenvalue weighted by atomic mass is 32.2. The van der Waals surface area contributed by atoms with Crippen LogP contribution in [-0.2, 0) is 32.5 Å². The predicted molar refractivity (Wildman–Crippen MR) is 146 cm³/mol. The van der Waals surface area contributed by atoms with Gasteiger partial charge in [0.15, 0.2) is 0 Å². The number of amides is 1. The first-order chi connectivity index (χ1) is 18.9. The zero-order valence-electron chi connectivity index (χ0n) is 22.0. The molecule has 0 unspecified atom stereocenters. The van der Waals surface area contributed by atoms with Crippen LogP contribution in [0.2, 0.25) is 0 Å². The van der Waals surface area contributed by atoms with E-state index in [1.165, 1.54) is 29.1 Å². The number of ether oxygens (including phenoxy) is 2. The first kappa shape index (κ1) is 28.7. The number of carbonyl (C=O) groups is 1. The van der Waals surface area contributed by atoms with Crippen LogP contribution in [0.4, 0.5) is 0 Å². The van der Waals surface area contributed by atoms with Gasteiger partial charge in [-0.2, -0.15) is 4.31 Å². The molecule has 208 valence electrons. The predicted octanol–water partition coefficient (Wildman–Crippen LogP) is 3.97. The van der Waals surface area contributed by atoms with Crippen molar-refractivity contribution in [2.45, 2.75) is 55.7 Å². The van der Waals surface area contributed by atoms with Crippen LogP contribution in [0.1, 0.15) is 36.8 Å². The highest BCUT2D eigenvalue weighted by Crippen LogP contribution is 2.34. The lowest BCUT2D eigenvalue weighted by atomic mass is 9.82. The van der Waals surface area contributed by atoms with Gasteiger partial charge in [0.05, 0.1) is 24.7 Å². The van der Waals surface area contributed by atoms with Crippen LogP contribution in [-0.4, -0.2) is 54.7 Å². The van der Waals surface area contributed by atoms with Crippen molar-refractivity contribution in [2.24, 2.45) is 5.92 Å². The second-order valence-electron chi connectivity index (χ2n) is 9.65. The molecular weight excluding hydrogens is 518 g/mol. The Morgan fingerprint density at radius 1 is 1.00 bits per heavy atom. The summed E-state index contributed by atoms with van der Waals surface area (Å²) in [6.45, 7) is 0.544. The summed E-state index contributed by atoms with van der Waals surface area (Å²) in [5.41, 5.74) is 3.61. The molecular formula is C29H35N3O6S. The van der Waals surface area contributed by atoms with Gasteiger partial charge in [-0.1, -0.05) is 30.3 Å². The van der Waals surface area contributed by atoms with Crippen LogP contribution in [0, 0.1) is 5.92 Å². The standard InChI is InChI=1S/C29H35N3O6S/c1-37-25-11-13-27(14-12-25)39(35,36)32(21-23-15-18-30-19-16-23)28(29(33)31-34)24-7-9-26(10-8-24)38-20-17-22-5-3-2-4-6-22/h2-6,11-16,18-19,24,26,28,34H,7-10,17,20-21H2,1H3,(H,31,33)/t24?,26?,28-/m1/s1. The molecule has 1 atom stereocenters. The van der Waals surface area contributed by atoms with E-state index in [1.807, 2.05) is 18.2 Å². The molecule has 9 nitrogen and oxygen atoms in total. The van der Waals surface area contributed by atoms with Crippen LogP contribution in [0.15, 0.2) is 84.0 Å². The largest absolute Gasteiger partial charge is 0.497 e. The van der Waals surface area contributed by atoms with Crippen molar-refractivity contribution in [1.29, 1.82) is 0 Å². The van der Waals surface area contributed by atoms with Crippen molar-refractivity contribution in [3.05, 3.63) is 90.3 Å². The van der Waals surface area contributed by atoms with E-state index in [-0.39, 0.29) is 23.5 Å². The number of methoxy groups -OCH3 is 1. The Morgan fingerprint density at radius 2 is 1.67 bits per heavy atom. The molecule has 3 aromatic rings. The van der Waals surface area contributed by atoms with Gasteiger partial charge in [0.2, 0.25) is 10.0 Å². The first-order valence-electron chi connectivity index (χ1n) is 13.1. The number of hydrogen-bond acceptors (Lipinski definition) is 7. The van der Waals surface area contributed by atoms with Crippen molar-refractivity contribution < 1.29 is 27.9 Å². The van der Waals surface area contributed by atoms with Crippen LogP contribution in [0.5, 0.6) is 5.75 Å². The fourth-order valence-corrected chi connectivity index (χ4v) is 6.73. The van der Waals surface area contributed by atoms with Crippen LogP contribution < -0.4 is 10.2 Å². The third kappa shape index (κ3) is 7.42. The fraction of sp³-hybridized carbons (Fsp3) is 0.379. The summed E-state index contributed by atoms with van der Waals surface area (Å²) in [5.74, 6) is -0.541. The fourth-order valence-electron chi connectivity index (χ4n) is 5.09. The number of hydroxylamine groups is 1.